The highest BCUT2D eigenvalue weighted by molar-refractivity contribution is 7.21. The van der Waals surface area contributed by atoms with Gasteiger partial charge in [0.15, 0.2) is 0 Å². The zero-order valence-electron chi connectivity index (χ0n) is 12.9. The zero-order chi connectivity index (χ0) is 16.3. The van der Waals surface area contributed by atoms with E-state index in [0.29, 0.717) is 28.9 Å². The quantitative estimate of drug-likeness (QED) is 0.920. The molecule has 4 nitrogen and oxygen atoms in total. The van der Waals surface area contributed by atoms with E-state index >= 15 is 0 Å². The SMILES string of the molecule is CCNC(=O)CN(CC)C(=O)c1sc2cccc(F)c2c1C. The van der Waals surface area contributed by atoms with Crippen molar-refractivity contribution in [3.05, 3.63) is 34.5 Å². The number of fused-ring (bicyclic) bond motifs is 1. The molecule has 2 aromatic rings. The van der Waals surface area contributed by atoms with Gasteiger partial charge in [-0.3, -0.25) is 9.59 Å². The van der Waals surface area contributed by atoms with E-state index in [1.807, 2.05) is 13.8 Å². The summed E-state index contributed by atoms with van der Waals surface area (Å²) in [4.78, 5) is 26.3. The second-order valence-corrected chi connectivity index (χ2v) is 5.99. The van der Waals surface area contributed by atoms with Gasteiger partial charge in [-0.1, -0.05) is 6.07 Å². The summed E-state index contributed by atoms with van der Waals surface area (Å²) >= 11 is 1.27. The smallest absolute Gasteiger partial charge is 0.264 e. The minimum Gasteiger partial charge on any atom is -0.355 e. The number of nitrogens with one attached hydrogen (secondary N) is 1. The summed E-state index contributed by atoms with van der Waals surface area (Å²) in [5.41, 5.74) is 0.637. The largest absolute Gasteiger partial charge is 0.355 e. The number of hydrogen-bond acceptors (Lipinski definition) is 3. The fourth-order valence-corrected chi connectivity index (χ4v) is 3.55. The van der Waals surface area contributed by atoms with Gasteiger partial charge in [-0.05, 0) is 38.5 Å². The van der Waals surface area contributed by atoms with Crippen LogP contribution in [0.2, 0.25) is 0 Å². The number of rotatable bonds is 5. The molecular weight excluding hydrogens is 303 g/mol. The molecule has 2 amide bonds. The molecule has 0 aliphatic heterocycles. The van der Waals surface area contributed by atoms with Gasteiger partial charge in [0.1, 0.15) is 5.82 Å². The minimum atomic E-state index is -0.322. The van der Waals surface area contributed by atoms with Crippen molar-refractivity contribution in [2.45, 2.75) is 20.8 Å². The minimum absolute atomic E-state index is 0.0132. The summed E-state index contributed by atoms with van der Waals surface area (Å²) in [7, 11) is 0. The average molecular weight is 322 g/mol. The number of benzene rings is 1. The average Bonchev–Trinajstić information content (AvgIpc) is 2.83. The molecule has 0 saturated carbocycles. The van der Waals surface area contributed by atoms with Crippen LogP contribution in [-0.4, -0.2) is 36.3 Å². The van der Waals surface area contributed by atoms with Crippen LogP contribution in [0.15, 0.2) is 18.2 Å². The summed E-state index contributed by atoms with van der Waals surface area (Å²) in [6.45, 7) is 6.35. The van der Waals surface area contributed by atoms with Crippen molar-refractivity contribution >= 4 is 33.2 Å². The van der Waals surface area contributed by atoms with E-state index in [2.05, 4.69) is 5.32 Å². The summed E-state index contributed by atoms with van der Waals surface area (Å²) in [5.74, 6) is -0.744. The molecule has 118 valence electrons. The van der Waals surface area contributed by atoms with Gasteiger partial charge in [0.2, 0.25) is 5.91 Å². The van der Waals surface area contributed by atoms with Gasteiger partial charge in [-0.25, -0.2) is 4.39 Å². The second-order valence-electron chi connectivity index (χ2n) is 4.94. The Hall–Kier alpha value is -1.95. The van der Waals surface area contributed by atoms with Gasteiger partial charge >= 0.3 is 0 Å². The van der Waals surface area contributed by atoms with E-state index in [1.165, 1.54) is 22.3 Å². The van der Waals surface area contributed by atoms with E-state index in [-0.39, 0.29) is 24.2 Å². The molecule has 0 saturated heterocycles. The molecule has 0 aliphatic rings. The Morgan fingerprint density at radius 1 is 1.32 bits per heavy atom. The lowest BCUT2D eigenvalue weighted by atomic mass is 10.1. The molecule has 0 atom stereocenters. The van der Waals surface area contributed by atoms with Crippen LogP contribution in [0.3, 0.4) is 0 Å². The van der Waals surface area contributed by atoms with E-state index < -0.39 is 0 Å². The van der Waals surface area contributed by atoms with Crippen molar-refractivity contribution in [1.82, 2.24) is 10.2 Å². The third-order valence-electron chi connectivity index (χ3n) is 3.47. The molecule has 0 bridgehead atoms. The van der Waals surface area contributed by atoms with Crippen LogP contribution in [0.25, 0.3) is 10.1 Å². The normalized spacial score (nSPS) is 10.7. The Morgan fingerprint density at radius 3 is 2.64 bits per heavy atom. The van der Waals surface area contributed by atoms with Crippen LogP contribution in [-0.2, 0) is 4.79 Å². The molecule has 6 heteroatoms. The molecule has 0 fully saturated rings. The van der Waals surface area contributed by atoms with Gasteiger partial charge in [-0.15, -0.1) is 11.3 Å². The third kappa shape index (κ3) is 3.11. The molecule has 1 heterocycles. The van der Waals surface area contributed by atoms with E-state index in [4.69, 9.17) is 0 Å². The van der Waals surface area contributed by atoms with Crippen LogP contribution >= 0.6 is 11.3 Å². The van der Waals surface area contributed by atoms with Crippen LogP contribution in [0.5, 0.6) is 0 Å². The first-order valence-corrected chi connectivity index (χ1v) is 8.04. The third-order valence-corrected chi connectivity index (χ3v) is 4.72. The first-order valence-electron chi connectivity index (χ1n) is 7.23. The zero-order valence-corrected chi connectivity index (χ0v) is 13.7. The van der Waals surface area contributed by atoms with Crippen LogP contribution < -0.4 is 5.32 Å². The van der Waals surface area contributed by atoms with Gasteiger partial charge in [0, 0.05) is 23.2 Å². The molecule has 0 aliphatic carbocycles. The summed E-state index contributed by atoms with van der Waals surface area (Å²) in [6, 6.07) is 4.82. The molecule has 0 spiro atoms. The number of nitrogens with zero attached hydrogens (tertiary/aromatic N) is 1. The fraction of sp³-hybridized carbons (Fsp3) is 0.375. The summed E-state index contributed by atoms with van der Waals surface area (Å²) in [6.07, 6.45) is 0. The molecule has 1 aromatic carbocycles. The number of carbonyl (C=O) groups is 2. The lowest BCUT2D eigenvalue weighted by Gasteiger charge is -2.19. The molecule has 0 radical (unpaired) electrons. The molecule has 1 N–H and O–H groups in total. The first-order chi connectivity index (χ1) is 10.5. The number of thiophene rings is 1. The van der Waals surface area contributed by atoms with Gasteiger partial charge < -0.3 is 10.2 Å². The molecule has 1 aromatic heterocycles. The van der Waals surface area contributed by atoms with Crippen LogP contribution in [0.4, 0.5) is 4.39 Å². The highest BCUT2D eigenvalue weighted by Crippen LogP contribution is 2.33. The van der Waals surface area contributed by atoms with Crippen molar-refractivity contribution in [3.63, 3.8) is 0 Å². The fourth-order valence-electron chi connectivity index (χ4n) is 2.35. The Morgan fingerprint density at radius 2 is 2.05 bits per heavy atom. The van der Waals surface area contributed by atoms with E-state index in [0.717, 1.165) is 4.70 Å². The Kier molecular flexibility index (Phi) is 5.13. The van der Waals surface area contributed by atoms with Gasteiger partial charge in [-0.2, -0.15) is 0 Å². The summed E-state index contributed by atoms with van der Waals surface area (Å²) < 4.78 is 14.7. The number of hydrogen-bond donors (Lipinski definition) is 1. The number of amides is 2. The predicted octanol–water partition coefficient (Wildman–Crippen LogP) is 2.95. The molecule has 22 heavy (non-hydrogen) atoms. The highest BCUT2D eigenvalue weighted by Gasteiger charge is 2.23. The number of aryl methyl sites for hydroxylation is 1. The van der Waals surface area contributed by atoms with Crippen molar-refractivity contribution < 1.29 is 14.0 Å². The van der Waals surface area contributed by atoms with E-state index in [1.54, 1.807) is 19.1 Å². The Labute approximate surface area is 132 Å². The van der Waals surface area contributed by atoms with Gasteiger partial charge in [0.05, 0.1) is 11.4 Å². The molecule has 2 rings (SSSR count). The van der Waals surface area contributed by atoms with E-state index in [9.17, 15) is 14.0 Å². The van der Waals surface area contributed by atoms with Crippen molar-refractivity contribution in [2.75, 3.05) is 19.6 Å². The van der Waals surface area contributed by atoms with Crippen molar-refractivity contribution in [2.24, 2.45) is 0 Å². The predicted molar refractivity (Wildman–Crippen MR) is 86.8 cm³/mol. The maximum atomic E-state index is 13.9. The number of likely N-dealkylation sites (N-methyl/N-ethyl adjacent to an activating group) is 2. The Balaban J connectivity index is 2.33. The molecular formula is C16H19FN2O2S. The maximum Gasteiger partial charge on any atom is 0.264 e. The van der Waals surface area contributed by atoms with Gasteiger partial charge in [0.25, 0.3) is 5.91 Å². The molecule has 0 unspecified atom stereocenters. The lowest BCUT2D eigenvalue weighted by Crippen LogP contribution is -2.40. The van der Waals surface area contributed by atoms with Crippen LogP contribution in [0.1, 0.15) is 29.1 Å². The lowest BCUT2D eigenvalue weighted by molar-refractivity contribution is -0.121. The number of halogens is 1. The number of carbonyl (C=O) groups excluding carboxylic acids is 2. The topological polar surface area (TPSA) is 49.4 Å². The van der Waals surface area contributed by atoms with Crippen molar-refractivity contribution in [1.29, 1.82) is 0 Å². The maximum absolute atomic E-state index is 13.9. The summed E-state index contributed by atoms with van der Waals surface area (Å²) in [5, 5.41) is 3.17. The van der Waals surface area contributed by atoms with Crippen LogP contribution in [0, 0.1) is 12.7 Å². The highest BCUT2D eigenvalue weighted by atomic mass is 32.1. The second kappa shape index (κ2) is 6.87. The Bertz CT molecular complexity index is 711. The van der Waals surface area contributed by atoms with Crippen molar-refractivity contribution in [3.8, 4) is 0 Å². The first kappa shape index (κ1) is 16.4. The standard InChI is InChI=1S/C16H19FN2O2S/c1-4-18-13(20)9-19(5-2)16(21)15-10(3)14-11(17)7-6-8-12(14)22-15/h6-8H,4-5,9H2,1-3H3,(H,18,20). The monoisotopic (exact) mass is 322 g/mol.